The van der Waals surface area contributed by atoms with Crippen molar-refractivity contribution in [2.75, 3.05) is 6.54 Å². The number of hydrogen-bond donors (Lipinski definition) is 2. The molecule has 0 atom stereocenters. The second-order valence-corrected chi connectivity index (χ2v) is 4.46. The van der Waals surface area contributed by atoms with Gasteiger partial charge in [-0.2, -0.15) is 5.10 Å². The van der Waals surface area contributed by atoms with Crippen LogP contribution in [0.3, 0.4) is 0 Å². The number of carboxylic acids is 1. The van der Waals surface area contributed by atoms with E-state index in [1.807, 2.05) is 0 Å². The highest BCUT2D eigenvalue weighted by Crippen LogP contribution is 2.21. The van der Waals surface area contributed by atoms with Crippen LogP contribution >= 0.6 is 0 Å². The number of aromatic nitrogens is 4. The van der Waals surface area contributed by atoms with Crippen LogP contribution in [0.4, 0.5) is 0 Å². The molecule has 0 saturated heterocycles. The van der Waals surface area contributed by atoms with Gasteiger partial charge in [0.05, 0.1) is 17.5 Å². The van der Waals surface area contributed by atoms with Crippen LogP contribution in [0.15, 0.2) is 12.4 Å². The number of aryl methyl sites for hydroxylation is 1. The Morgan fingerprint density at radius 2 is 2.32 bits per heavy atom. The molecule has 0 fully saturated rings. The minimum atomic E-state index is -1.02. The number of nitrogens with zero attached hydrogens (tertiary/aromatic N) is 4. The Bertz CT molecular complexity index is 650. The third-order valence-corrected chi connectivity index (χ3v) is 3.10. The molecule has 2 aromatic heterocycles. The Morgan fingerprint density at radius 3 is 3.00 bits per heavy atom. The molecule has 19 heavy (non-hydrogen) atoms. The summed E-state index contributed by atoms with van der Waals surface area (Å²) >= 11 is 0. The van der Waals surface area contributed by atoms with Crippen LogP contribution in [0.1, 0.15) is 21.7 Å². The van der Waals surface area contributed by atoms with Crippen molar-refractivity contribution in [3.05, 3.63) is 29.3 Å². The fourth-order valence-electron chi connectivity index (χ4n) is 2.19. The number of carboxylic acid groups (broad SMARTS) is 1. The topological polar surface area (TPSA) is 92.9 Å². The molecule has 3 rings (SSSR count). The number of aromatic carboxylic acids is 1. The molecule has 0 aliphatic carbocycles. The zero-order valence-electron chi connectivity index (χ0n) is 10.4. The van der Waals surface area contributed by atoms with E-state index < -0.39 is 5.97 Å². The quantitative estimate of drug-likeness (QED) is 0.801. The Labute approximate surface area is 109 Å². The van der Waals surface area contributed by atoms with Crippen LogP contribution in [-0.2, 0) is 20.0 Å². The summed E-state index contributed by atoms with van der Waals surface area (Å²) in [6.45, 7) is 1.31. The normalized spacial score (nSPS) is 14.2. The number of carbonyl (C=O) groups is 1. The first-order chi connectivity index (χ1) is 9.15. The van der Waals surface area contributed by atoms with Crippen LogP contribution in [0, 0.1) is 0 Å². The summed E-state index contributed by atoms with van der Waals surface area (Å²) in [4.78, 5) is 20.0. The minimum Gasteiger partial charge on any atom is -0.476 e. The van der Waals surface area contributed by atoms with E-state index in [1.165, 1.54) is 0 Å². The molecule has 1 aliphatic rings. The predicted molar refractivity (Wildman–Crippen MR) is 66.6 cm³/mol. The minimum absolute atomic E-state index is 0.0797. The Kier molecular flexibility index (Phi) is 2.75. The highest BCUT2D eigenvalue weighted by Gasteiger charge is 2.22. The van der Waals surface area contributed by atoms with Crippen molar-refractivity contribution in [2.24, 2.45) is 7.05 Å². The summed E-state index contributed by atoms with van der Waals surface area (Å²) in [7, 11) is 1.80. The molecule has 0 radical (unpaired) electrons. The van der Waals surface area contributed by atoms with Gasteiger partial charge in [0.25, 0.3) is 0 Å². The smallest absolute Gasteiger partial charge is 0.354 e. The molecule has 0 spiro atoms. The van der Waals surface area contributed by atoms with E-state index in [4.69, 9.17) is 0 Å². The van der Waals surface area contributed by atoms with Crippen LogP contribution in [0.5, 0.6) is 0 Å². The number of nitrogens with one attached hydrogen (secondary N) is 1. The fourth-order valence-corrected chi connectivity index (χ4v) is 2.19. The van der Waals surface area contributed by atoms with Crippen LogP contribution in [0.2, 0.25) is 0 Å². The van der Waals surface area contributed by atoms with E-state index >= 15 is 0 Å². The molecule has 2 aromatic rings. The molecule has 0 unspecified atom stereocenters. The molecule has 7 heteroatoms. The third kappa shape index (κ3) is 2.08. The SMILES string of the molecule is Cn1cc(-c2nc3c(c(C(=O)O)n2)CNCC3)cn1. The van der Waals surface area contributed by atoms with Crippen molar-refractivity contribution >= 4 is 5.97 Å². The third-order valence-electron chi connectivity index (χ3n) is 3.10. The van der Waals surface area contributed by atoms with Gasteiger partial charge in [-0.15, -0.1) is 0 Å². The zero-order chi connectivity index (χ0) is 13.4. The molecular weight excluding hydrogens is 246 g/mol. The molecule has 0 aromatic carbocycles. The lowest BCUT2D eigenvalue weighted by Gasteiger charge is -2.18. The highest BCUT2D eigenvalue weighted by molar-refractivity contribution is 5.88. The van der Waals surface area contributed by atoms with Gasteiger partial charge >= 0.3 is 5.97 Å². The summed E-state index contributed by atoms with van der Waals surface area (Å²) in [6, 6.07) is 0. The first-order valence-corrected chi connectivity index (χ1v) is 5.98. The first-order valence-electron chi connectivity index (χ1n) is 5.98. The lowest BCUT2D eigenvalue weighted by molar-refractivity contribution is 0.0688. The van der Waals surface area contributed by atoms with E-state index in [9.17, 15) is 9.90 Å². The second-order valence-electron chi connectivity index (χ2n) is 4.46. The first kappa shape index (κ1) is 11.8. The molecule has 0 saturated carbocycles. The Morgan fingerprint density at radius 1 is 1.47 bits per heavy atom. The van der Waals surface area contributed by atoms with Gasteiger partial charge in [0.15, 0.2) is 11.5 Å². The van der Waals surface area contributed by atoms with Crippen molar-refractivity contribution in [1.82, 2.24) is 25.1 Å². The molecular formula is C12H13N5O2. The molecule has 1 aliphatic heterocycles. The summed E-state index contributed by atoms with van der Waals surface area (Å²) in [5, 5.41) is 16.5. The maximum atomic E-state index is 11.3. The van der Waals surface area contributed by atoms with Crippen LogP contribution in [0.25, 0.3) is 11.4 Å². The second kappa shape index (κ2) is 4.43. The molecule has 3 heterocycles. The van der Waals surface area contributed by atoms with Gasteiger partial charge in [-0.25, -0.2) is 14.8 Å². The standard InChI is InChI=1S/C12H13N5O2/c1-17-6-7(4-14-17)11-15-9-2-3-13-5-8(9)10(16-11)12(18)19/h4,6,13H,2-3,5H2,1H3,(H,18,19). The average molecular weight is 259 g/mol. The van der Waals surface area contributed by atoms with Crippen molar-refractivity contribution in [2.45, 2.75) is 13.0 Å². The van der Waals surface area contributed by atoms with E-state index in [1.54, 1.807) is 24.1 Å². The average Bonchev–Trinajstić information content (AvgIpc) is 2.84. The van der Waals surface area contributed by atoms with E-state index in [0.717, 1.165) is 17.8 Å². The maximum absolute atomic E-state index is 11.3. The molecule has 0 bridgehead atoms. The van der Waals surface area contributed by atoms with Crippen LogP contribution in [-0.4, -0.2) is 37.4 Å². The van der Waals surface area contributed by atoms with Crippen molar-refractivity contribution in [3.63, 3.8) is 0 Å². The van der Waals surface area contributed by atoms with Gasteiger partial charge in [0.1, 0.15) is 0 Å². The summed E-state index contributed by atoms with van der Waals surface area (Å²) in [5.41, 5.74) is 2.30. The monoisotopic (exact) mass is 259 g/mol. The van der Waals surface area contributed by atoms with E-state index in [0.29, 0.717) is 24.4 Å². The molecule has 7 nitrogen and oxygen atoms in total. The fraction of sp³-hybridized carbons (Fsp3) is 0.333. The van der Waals surface area contributed by atoms with Gasteiger partial charge in [0.2, 0.25) is 0 Å². The summed E-state index contributed by atoms with van der Waals surface area (Å²) in [5.74, 6) is -0.598. The largest absolute Gasteiger partial charge is 0.476 e. The van der Waals surface area contributed by atoms with Crippen molar-refractivity contribution < 1.29 is 9.90 Å². The summed E-state index contributed by atoms with van der Waals surface area (Å²) in [6.07, 6.45) is 4.12. The molecule has 98 valence electrons. The van der Waals surface area contributed by atoms with Gasteiger partial charge in [0, 0.05) is 38.3 Å². The lowest BCUT2D eigenvalue weighted by Crippen LogP contribution is -2.28. The number of hydrogen-bond acceptors (Lipinski definition) is 5. The maximum Gasteiger partial charge on any atom is 0.354 e. The Balaban J connectivity index is 2.16. The predicted octanol–water partition coefficient (Wildman–Crippen LogP) is 0.221. The van der Waals surface area contributed by atoms with Gasteiger partial charge < -0.3 is 10.4 Å². The number of rotatable bonds is 2. The molecule has 0 amide bonds. The lowest BCUT2D eigenvalue weighted by atomic mass is 10.0. The highest BCUT2D eigenvalue weighted by atomic mass is 16.4. The number of fused-ring (bicyclic) bond motifs is 1. The van der Waals surface area contributed by atoms with Gasteiger partial charge in [-0.3, -0.25) is 4.68 Å². The molecule has 2 N–H and O–H groups in total. The van der Waals surface area contributed by atoms with Crippen LogP contribution < -0.4 is 5.32 Å². The summed E-state index contributed by atoms with van der Waals surface area (Å²) < 4.78 is 1.64. The Hall–Kier alpha value is -2.28. The van der Waals surface area contributed by atoms with Gasteiger partial charge in [-0.1, -0.05) is 0 Å². The van der Waals surface area contributed by atoms with Crippen molar-refractivity contribution in [1.29, 1.82) is 0 Å². The van der Waals surface area contributed by atoms with E-state index in [-0.39, 0.29) is 5.69 Å². The zero-order valence-corrected chi connectivity index (χ0v) is 10.4. The van der Waals surface area contributed by atoms with E-state index in [2.05, 4.69) is 20.4 Å². The van der Waals surface area contributed by atoms with Gasteiger partial charge in [-0.05, 0) is 0 Å². The van der Waals surface area contributed by atoms with Crippen molar-refractivity contribution in [3.8, 4) is 11.4 Å².